The SMILES string of the molecule is NCCCNN1CCCC1=O. The molecule has 0 radical (unpaired) electrons. The summed E-state index contributed by atoms with van der Waals surface area (Å²) in [6.45, 7) is 2.33. The van der Waals surface area contributed by atoms with E-state index >= 15 is 0 Å². The van der Waals surface area contributed by atoms with Crippen molar-refractivity contribution in [1.29, 1.82) is 0 Å². The fourth-order valence-corrected chi connectivity index (χ4v) is 1.13. The zero-order valence-electron chi connectivity index (χ0n) is 6.68. The first-order valence-electron chi connectivity index (χ1n) is 4.08. The number of carbonyl (C=O) groups excluding carboxylic acids is 1. The first-order valence-corrected chi connectivity index (χ1v) is 4.08. The van der Waals surface area contributed by atoms with E-state index in [9.17, 15) is 4.79 Å². The largest absolute Gasteiger partial charge is 0.330 e. The Morgan fingerprint density at radius 2 is 2.45 bits per heavy atom. The van der Waals surface area contributed by atoms with Crippen molar-refractivity contribution in [2.75, 3.05) is 19.6 Å². The van der Waals surface area contributed by atoms with Gasteiger partial charge in [0.05, 0.1) is 0 Å². The quantitative estimate of drug-likeness (QED) is 0.539. The van der Waals surface area contributed by atoms with Crippen molar-refractivity contribution < 1.29 is 4.79 Å². The summed E-state index contributed by atoms with van der Waals surface area (Å²) in [5.41, 5.74) is 8.34. The molecule has 0 unspecified atom stereocenters. The monoisotopic (exact) mass is 157 g/mol. The van der Waals surface area contributed by atoms with Crippen LogP contribution in [0.15, 0.2) is 0 Å². The van der Waals surface area contributed by atoms with Crippen molar-refractivity contribution in [3.05, 3.63) is 0 Å². The van der Waals surface area contributed by atoms with Crippen molar-refractivity contribution in [3.63, 3.8) is 0 Å². The van der Waals surface area contributed by atoms with E-state index < -0.39 is 0 Å². The number of nitrogens with zero attached hydrogens (tertiary/aromatic N) is 1. The Labute approximate surface area is 66.7 Å². The van der Waals surface area contributed by atoms with E-state index in [1.807, 2.05) is 0 Å². The summed E-state index contributed by atoms with van der Waals surface area (Å²) in [6, 6.07) is 0. The molecule has 4 nitrogen and oxygen atoms in total. The molecule has 64 valence electrons. The van der Waals surface area contributed by atoms with E-state index in [0.29, 0.717) is 13.0 Å². The molecule has 0 saturated carbocycles. The van der Waals surface area contributed by atoms with Crippen LogP contribution in [0.3, 0.4) is 0 Å². The van der Waals surface area contributed by atoms with Crippen LogP contribution in [0.4, 0.5) is 0 Å². The van der Waals surface area contributed by atoms with Gasteiger partial charge in [-0.1, -0.05) is 0 Å². The zero-order valence-corrected chi connectivity index (χ0v) is 6.68. The van der Waals surface area contributed by atoms with Crippen molar-refractivity contribution in [2.45, 2.75) is 19.3 Å². The summed E-state index contributed by atoms with van der Waals surface area (Å²) in [6.07, 6.45) is 2.59. The van der Waals surface area contributed by atoms with Gasteiger partial charge in [-0.2, -0.15) is 0 Å². The minimum atomic E-state index is 0.210. The van der Waals surface area contributed by atoms with Gasteiger partial charge in [-0.05, 0) is 19.4 Å². The Hall–Kier alpha value is -0.610. The first kappa shape index (κ1) is 8.49. The van der Waals surface area contributed by atoms with Crippen LogP contribution in [0.25, 0.3) is 0 Å². The second-order valence-corrected chi connectivity index (χ2v) is 2.70. The van der Waals surface area contributed by atoms with Gasteiger partial charge in [-0.3, -0.25) is 9.80 Å². The lowest BCUT2D eigenvalue weighted by Gasteiger charge is -2.16. The van der Waals surface area contributed by atoms with Crippen molar-refractivity contribution in [1.82, 2.24) is 10.4 Å². The molecule has 0 aromatic rings. The highest BCUT2D eigenvalue weighted by molar-refractivity contribution is 5.77. The normalized spacial score (nSPS) is 17.9. The Morgan fingerprint density at radius 1 is 1.64 bits per heavy atom. The molecule has 4 heteroatoms. The molecular weight excluding hydrogens is 142 g/mol. The van der Waals surface area contributed by atoms with Gasteiger partial charge in [0.2, 0.25) is 5.91 Å². The third-order valence-electron chi connectivity index (χ3n) is 1.76. The summed E-state index contributed by atoms with van der Waals surface area (Å²) in [5, 5.41) is 1.69. The fourth-order valence-electron chi connectivity index (χ4n) is 1.13. The third-order valence-corrected chi connectivity index (χ3v) is 1.76. The molecule has 0 aliphatic carbocycles. The van der Waals surface area contributed by atoms with E-state index in [-0.39, 0.29) is 5.91 Å². The Bertz CT molecular complexity index is 138. The summed E-state index contributed by atoms with van der Waals surface area (Å²) >= 11 is 0. The molecule has 1 heterocycles. The van der Waals surface area contributed by atoms with E-state index in [2.05, 4.69) is 5.43 Å². The molecule has 1 amide bonds. The van der Waals surface area contributed by atoms with Gasteiger partial charge in [-0.25, -0.2) is 5.43 Å². The van der Waals surface area contributed by atoms with E-state index in [0.717, 1.165) is 25.9 Å². The number of nitrogens with one attached hydrogen (secondary N) is 1. The van der Waals surface area contributed by atoms with Crippen LogP contribution in [-0.4, -0.2) is 30.6 Å². The Morgan fingerprint density at radius 3 is 3.00 bits per heavy atom. The minimum absolute atomic E-state index is 0.210. The van der Waals surface area contributed by atoms with Gasteiger partial charge in [0, 0.05) is 19.5 Å². The topological polar surface area (TPSA) is 58.4 Å². The molecule has 3 N–H and O–H groups in total. The molecule has 0 bridgehead atoms. The predicted octanol–water partition coefficient (Wildman–Crippen LogP) is -0.538. The van der Waals surface area contributed by atoms with Crippen LogP contribution < -0.4 is 11.2 Å². The molecule has 0 spiro atoms. The molecular formula is C7H15N3O. The lowest BCUT2D eigenvalue weighted by molar-refractivity contribution is -0.130. The van der Waals surface area contributed by atoms with E-state index in [1.165, 1.54) is 0 Å². The van der Waals surface area contributed by atoms with Crippen molar-refractivity contribution >= 4 is 5.91 Å². The van der Waals surface area contributed by atoms with Crippen molar-refractivity contribution in [2.24, 2.45) is 5.73 Å². The molecule has 1 saturated heterocycles. The van der Waals surface area contributed by atoms with Crippen LogP contribution in [0, 0.1) is 0 Å². The van der Waals surface area contributed by atoms with E-state index in [4.69, 9.17) is 5.73 Å². The minimum Gasteiger partial charge on any atom is -0.330 e. The van der Waals surface area contributed by atoms with E-state index in [1.54, 1.807) is 5.01 Å². The lowest BCUT2D eigenvalue weighted by atomic mass is 10.4. The van der Waals surface area contributed by atoms with Gasteiger partial charge in [0.1, 0.15) is 0 Å². The molecule has 0 atom stereocenters. The zero-order chi connectivity index (χ0) is 8.10. The summed E-state index contributed by atoms with van der Waals surface area (Å²) in [7, 11) is 0. The number of amides is 1. The number of carbonyl (C=O) groups is 1. The maximum atomic E-state index is 11.0. The average molecular weight is 157 g/mol. The van der Waals surface area contributed by atoms with Crippen LogP contribution in [0.2, 0.25) is 0 Å². The average Bonchev–Trinajstić information content (AvgIpc) is 2.37. The highest BCUT2D eigenvalue weighted by Gasteiger charge is 2.18. The molecule has 1 rings (SSSR count). The summed E-state index contributed by atoms with van der Waals surface area (Å²) in [4.78, 5) is 11.0. The maximum absolute atomic E-state index is 11.0. The molecule has 0 aromatic heterocycles. The number of hydrazine groups is 1. The van der Waals surface area contributed by atoms with Crippen molar-refractivity contribution in [3.8, 4) is 0 Å². The molecule has 11 heavy (non-hydrogen) atoms. The molecule has 0 aromatic carbocycles. The Kier molecular flexibility index (Phi) is 3.32. The number of rotatable bonds is 4. The van der Waals surface area contributed by atoms with Gasteiger partial charge < -0.3 is 5.73 Å². The van der Waals surface area contributed by atoms with Crippen LogP contribution in [-0.2, 0) is 4.79 Å². The molecule has 1 aliphatic heterocycles. The highest BCUT2D eigenvalue weighted by atomic mass is 16.2. The molecule has 1 fully saturated rings. The highest BCUT2D eigenvalue weighted by Crippen LogP contribution is 2.05. The summed E-state index contributed by atoms with van der Waals surface area (Å²) in [5.74, 6) is 0.210. The molecule has 1 aliphatic rings. The van der Waals surface area contributed by atoms with Gasteiger partial charge in [0.25, 0.3) is 0 Å². The fraction of sp³-hybridized carbons (Fsp3) is 0.857. The number of nitrogens with two attached hydrogens (primary N) is 1. The standard InChI is InChI=1S/C7H15N3O/c8-4-2-5-9-10-6-1-3-7(10)11/h9H,1-6,8H2. The number of hydrogen-bond acceptors (Lipinski definition) is 3. The second-order valence-electron chi connectivity index (χ2n) is 2.70. The van der Waals surface area contributed by atoms with Crippen LogP contribution >= 0.6 is 0 Å². The van der Waals surface area contributed by atoms with Crippen LogP contribution in [0.1, 0.15) is 19.3 Å². The lowest BCUT2D eigenvalue weighted by Crippen LogP contribution is -2.39. The second kappa shape index (κ2) is 4.31. The number of hydrogen-bond donors (Lipinski definition) is 2. The Balaban J connectivity index is 2.10. The predicted molar refractivity (Wildman–Crippen MR) is 42.6 cm³/mol. The van der Waals surface area contributed by atoms with Gasteiger partial charge in [-0.15, -0.1) is 0 Å². The maximum Gasteiger partial charge on any atom is 0.236 e. The smallest absolute Gasteiger partial charge is 0.236 e. The summed E-state index contributed by atoms with van der Waals surface area (Å²) < 4.78 is 0. The first-order chi connectivity index (χ1) is 5.34. The van der Waals surface area contributed by atoms with Crippen LogP contribution in [0.5, 0.6) is 0 Å². The third kappa shape index (κ3) is 2.48. The van der Waals surface area contributed by atoms with Gasteiger partial charge >= 0.3 is 0 Å². The van der Waals surface area contributed by atoms with Gasteiger partial charge in [0.15, 0.2) is 0 Å².